The number of nitrogens with zero attached hydrogens (tertiary/aromatic N) is 2. The van der Waals surface area contributed by atoms with Crippen molar-refractivity contribution in [2.24, 2.45) is 0 Å². The Kier molecular flexibility index (Phi) is 8.63. The Morgan fingerprint density at radius 2 is 1.90 bits per heavy atom. The van der Waals surface area contributed by atoms with Gasteiger partial charge in [0.15, 0.2) is 6.61 Å². The normalized spacial score (nSPS) is 11.4. The summed E-state index contributed by atoms with van der Waals surface area (Å²) in [6.45, 7) is 3.68. The predicted molar refractivity (Wildman–Crippen MR) is 115 cm³/mol. The predicted octanol–water partition coefficient (Wildman–Crippen LogP) is 3.19. The summed E-state index contributed by atoms with van der Waals surface area (Å²) in [7, 11) is 1.30. The second kappa shape index (κ2) is 11.2. The van der Waals surface area contributed by atoms with Gasteiger partial charge in [-0.15, -0.1) is 0 Å². The number of ether oxygens (including phenoxy) is 2. The lowest BCUT2D eigenvalue weighted by Crippen LogP contribution is -2.49. The molecule has 0 spiro atoms. The van der Waals surface area contributed by atoms with Crippen molar-refractivity contribution >= 4 is 29.1 Å². The third kappa shape index (κ3) is 6.58. The first-order chi connectivity index (χ1) is 14.8. The zero-order valence-corrected chi connectivity index (χ0v) is 18.2. The largest absolute Gasteiger partial charge is 0.490 e. The van der Waals surface area contributed by atoms with E-state index in [1.165, 1.54) is 30.2 Å². The molecule has 0 aliphatic heterocycles. The maximum atomic E-state index is 12.9. The molecule has 0 aromatic heterocycles. The lowest BCUT2D eigenvalue weighted by Gasteiger charge is -2.28. The van der Waals surface area contributed by atoms with Crippen molar-refractivity contribution in [3.8, 4) is 11.5 Å². The summed E-state index contributed by atoms with van der Waals surface area (Å²) >= 11 is 5.92. The van der Waals surface area contributed by atoms with Crippen LogP contribution in [0.15, 0.2) is 42.5 Å². The number of methoxy groups -OCH3 is 1. The molecule has 0 aliphatic carbocycles. The van der Waals surface area contributed by atoms with Gasteiger partial charge in [0.2, 0.25) is 11.7 Å². The van der Waals surface area contributed by atoms with E-state index >= 15 is 0 Å². The molecule has 0 heterocycles. The van der Waals surface area contributed by atoms with Gasteiger partial charge < -0.3 is 19.7 Å². The third-order valence-electron chi connectivity index (χ3n) is 4.49. The minimum atomic E-state index is -0.738. The SMILES string of the molecule is CCNC(=O)C(C)N(Cc1ccc(Cl)cc1)C(=O)COc1ccc([N+](=O)[O-])c(OC)c1. The van der Waals surface area contributed by atoms with Gasteiger partial charge in [0, 0.05) is 30.2 Å². The van der Waals surface area contributed by atoms with Gasteiger partial charge >= 0.3 is 5.69 Å². The summed E-state index contributed by atoms with van der Waals surface area (Å²) in [5, 5.41) is 14.3. The van der Waals surface area contributed by atoms with Crippen LogP contribution in [-0.4, -0.2) is 47.9 Å². The van der Waals surface area contributed by atoms with Gasteiger partial charge in [-0.05, 0) is 37.6 Å². The molecule has 2 amide bonds. The van der Waals surface area contributed by atoms with Gasteiger partial charge in [0.25, 0.3) is 5.91 Å². The van der Waals surface area contributed by atoms with E-state index in [9.17, 15) is 19.7 Å². The van der Waals surface area contributed by atoms with Crippen LogP contribution in [0.25, 0.3) is 0 Å². The summed E-state index contributed by atoms with van der Waals surface area (Å²) in [5.74, 6) is -0.468. The van der Waals surface area contributed by atoms with Crippen molar-refractivity contribution in [1.29, 1.82) is 0 Å². The van der Waals surface area contributed by atoms with Crippen LogP contribution in [0, 0.1) is 10.1 Å². The molecule has 2 rings (SSSR count). The quantitative estimate of drug-likeness (QED) is 0.440. The van der Waals surface area contributed by atoms with E-state index in [0.717, 1.165) is 5.56 Å². The first-order valence-corrected chi connectivity index (χ1v) is 9.91. The average Bonchev–Trinajstić information content (AvgIpc) is 2.76. The molecule has 9 nitrogen and oxygen atoms in total. The summed E-state index contributed by atoms with van der Waals surface area (Å²) in [6.07, 6.45) is 0. The Hall–Kier alpha value is -3.33. The summed E-state index contributed by atoms with van der Waals surface area (Å²) in [5.41, 5.74) is 0.585. The maximum Gasteiger partial charge on any atom is 0.311 e. The van der Waals surface area contributed by atoms with Crippen LogP contribution in [-0.2, 0) is 16.1 Å². The van der Waals surface area contributed by atoms with Gasteiger partial charge in [-0.3, -0.25) is 19.7 Å². The molecule has 1 N–H and O–H groups in total. The van der Waals surface area contributed by atoms with Crippen molar-refractivity contribution in [1.82, 2.24) is 10.2 Å². The Bertz CT molecular complexity index is 935. The van der Waals surface area contributed by atoms with E-state index in [2.05, 4.69) is 5.32 Å². The fraction of sp³-hybridized carbons (Fsp3) is 0.333. The van der Waals surface area contributed by atoms with Gasteiger partial charge in [0.1, 0.15) is 11.8 Å². The van der Waals surface area contributed by atoms with Gasteiger partial charge in [-0.1, -0.05) is 23.7 Å². The Morgan fingerprint density at radius 1 is 1.23 bits per heavy atom. The third-order valence-corrected chi connectivity index (χ3v) is 4.75. The first-order valence-electron chi connectivity index (χ1n) is 9.53. The molecule has 1 unspecified atom stereocenters. The molecule has 0 bridgehead atoms. The lowest BCUT2D eigenvalue weighted by atomic mass is 10.1. The van der Waals surface area contributed by atoms with Gasteiger partial charge in [-0.25, -0.2) is 0 Å². The van der Waals surface area contributed by atoms with Gasteiger partial charge in [-0.2, -0.15) is 0 Å². The highest BCUT2D eigenvalue weighted by Gasteiger charge is 2.26. The Morgan fingerprint density at radius 3 is 2.48 bits per heavy atom. The van der Waals surface area contributed by atoms with Crippen molar-refractivity contribution in [3.05, 3.63) is 63.2 Å². The van der Waals surface area contributed by atoms with E-state index in [1.54, 1.807) is 38.1 Å². The van der Waals surface area contributed by atoms with E-state index in [0.29, 0.717) is 11.6 Å². The van der Waals surface area contributed by atoms with Crippen LogP contribution in [0.3, 0.4) is 0 Å². The zero-order valence-electron chi connectivity index (χ0n) is 17.5. The Labute approximate surface area is 185 Å². The van der Waals surface area contributed by atoms with Crippen LogP contribution in [0.4, 0.5) is 5.69 Å². The highest BCUT2D eigenvalue weighted by Crippen LogP contribution is 2.30. The van der Waals surface area contributed by atoms with Crippen molar-refractivity contribution in [2.45, 2.75) is 26.4 Å². The first kappa shape index (κ1) is 23.9. The fourth-order valence-electron chi connectivity index (χ4n) is 2.82. The van der Waals surface area contributed by atoms with E-state index in [-0.39, 0.29) is 36.2 Å². The molecule has 0 saturated heterocycles. The Balaban J connectivity index is 2.17. The van der Waals surface area contributed by atoms with Crippen molar-refractivity contribution in [2.75, 3.05) is 20.3 Å². The number of carbonyl (C=O) groups is 2. The molecule has 0 fully saturated rings. The standard InChI is InChI=1S/C21H24ClN3O6/c1-4-23-21(27)14(2)24(12-15-5-7-16(22)8-6-15)20(26)13-31-17-9-10-18(25(28)29)19(11-17)30-3/h5-11,14H,4,12-13H2,1-3H3,(H,23,27). The maximum absolute atomic E-state index is 12.9. The molecule has 10 heteroatoms. The molecule has 1 atom stereocenters. The van der Waals surface area contributed by atoms with Crippen molar-refractivity contribution in [3.63, 3.8) is 0 Å². The smallest absolute Gasteiger partial charge is 0.311 e. The summed E-state index contributed by atoms with van der Waals surface area (Å²) < 4.78 is 10.5. The topological polar surface area (TPSA) is 111 Å². The van der Waals surface area contributed by atoms with Crippen LogP contribution in [0.2, 0.25) is 5.02 Å². The second-order valence-electron chi connectivity index (χ2n) is 6.60. The number of nitrogens with one attached hydrogen (secondary N) is 1. The van der Waals surface area contributed by atoms with E-state index in [1.807, 2.05) is 0 Å². The number of rotatable bonds is 10. The van der Waals surface area contributed by atoms with Crippen LogP contribution < -0.4 is 14.8 Å². The number of benzene rings is 2. The van der Waals surface area contributed by atoms with Crippen LogP contribution in [0.5, 0.6) is 11.5 Å². The number of amides is 2. The van der Waals surface area contributed by atoms with Crippen LogP contribution >= 0.6 is 11.6 Å². The number of halogens is 1. The van der Waals surface area contributed by atoms with Crippen LogP contribution in [0.1, 0.15) is 19.4 Å². The highest BCUT2D eigenvalue weighted by molar-refractivity contribution is 6.30. The van der Waals surface area contributed by atoms with E-state index in [4.69, 9.17) is 21.1 Å². The molecule has 2 aromatic rings. The highest BCUT2D eigenvalue weighted by atomic mass is 35.5. The minimum Gasteiger partial charge on any atom is -0.490 e. The molecule has 31 heavy (non-hydrogen) atoms. The second-order valence-corrected chi connectivity index (χ2v) is 7.03. The fourth-order valence-corrected chi connectivity index (χ4v) is 2.94. The van der Waals surface area contributed by atoms with E-state index < -0.39 is 16.9 Å². The minimum absolute atomic E-state index is 0.0173. The molecule has 0 radical (unpaired) electrons. The molecular formula is C21H24ClN3O6. The number of nitro groups is 1. The number of likely N-dealkylation sites (N-methyl/N-ethyl adjacent to an activating group) is 1. The average molecular weight is 450 g/mol. The number of hydrogen-bond donors (Lipinski definition) is 1. The number of carbonyl (C=O) groups excluding carboxylic acids is 2. The summed E-state index contributed by atoms with van der Waals surface area (Å²) in [4.78, 5) is 37.1. The van der Waals surface area contributed by atoms with Crippen molar-refractivity contribution < 1.29 is 24.0 Å². The zero-order chi connectivity index (χ0) is 23.0. The number of nitro benzene ring substituents is 1. The molecule has 166 valence electrons. The lowest BCUT2D eigenvalue weighted by molar-refractivity contribution is -0.385. The summed E-state index contributed by atoms with van der Waals surface area (Å²) in [6, 6.07) is 10.2. The molecular weight excluding hydrogens is 426 g/mol. The van der Waals surface area contributed by atoms with Gasteiger partial charge in [0.05, 0.1) is 12.0 Å². The molecule has 0 aliphatic rings. The molecule has 2 aromatic carbocycles. The number of hydrogen-bond acceptors (Lipinski definition) is 6. The molecule has 0 saturated carbocycles. The monoisotopic (exact) mass is 449 g/mol.